The lowest BCUT2D eigenvalue weighted by molar-refractivity contribution is 0.621. The Morgan fingerprint density at radius 2 is 2.05 bits per heavy atom. The minimum Gasteiger partial charge on any atom is -0.381 e. The summed E-state index contributed by atoms with van der Waals surface area (Å²) in [5.41, 5.74) is 1.73. The highest BCUT2D eigenvalue weighted by Gasteiger charge is 2.03. The number of anilines is 1. The van der Waals surface area contributed by atoms with E-state index in [1.807, 2.05) is 13.0 Å². The summed E-state index contributed by atoms with van der Waals surface area (Å²) in [4.78, 5) is 15.6. The van der Waals surface area contributed by atoms with Gasteiger partial charge in [0.25, 0.3) is 0 Å². The van der Waals surface area contributed by atoms with Crippen LogP contribution < -0.4 is 11.0 Å². The lowest BCUT2D eigenvalue weighted by Gasteiger charge is -2.11. The normalized spacial score (nSPS) is 10.5. The van der Waals surface area contributed by atoms with E-state index >= 15 is 0 Å². The van der Waals surface area contributed by atoms with Crippen LogP contribution in [0.3, 0.4) is 0 Å². The van der Waals surface area contributed by atoms with Gasteiger partial charge in [0.15, 0.2) is 0 Å². The number of halogens is 1. The fraction of sp³-hybridized carbons (Fsp3) is 0.286. The summed E-state index contributed by atoms with van der Waals surface area (Å²) in [5.74, 6) is -0.298. The third-order valence-corrected chi connectivity index (χ3v) is 2.87. The molecule has 0 fully saturated rings. The van der Waals surface area contributed by atoms with E-state index in [9.17, 15) is 9.18 Å². The van der Waals surface area contributed by atoms with Gasteiger partial charge in [-0.1, -0.05) is 12.1 Å². The Bertz CT molecular complexity index is 637. The van der Waals surface area contributed by atoms with Gasteiger partial charge in [-0.3, -0.25) is 4.57 Å². The Labute approximate surface area is 110 Å². The topological polar surface area (TPSA) is 46.9 Å². The van der Waals surface area contributed by atoms with Crippen molar-refractivity contribution in [2.75, 3.05) is 11.9 Å². The van der Waals surface area contributed by atoms with Crippen molar-refractivity contribution in [1.29, 1.82) is 0 Å². The second-order valence-electron chi connectivity index (χ2n) is 4.38. The summed E-state index contributed by atoms with van der Waals surface area (Å²) in [6.45, 7) is 4.56. The summed E-state index contributed by atoms with van der Waals surface area (Å²) < 4.78 is 15.0. The van der Waals surface area contributed by atoms with Crippen LogP contribution in [0.2, 0.25) is 0 Å². The fourth-order valence-corrected chi connectivity index (χ4v) is 1.95. The van der Waals surface area contributed by atoms with E-state index in [4.69, 9.17) is 0 Å². The molecular formula is C14H16FN3O. The van der Waals surface area contributed by atoms with Crippen LogP contribution in [0.5, 0.6) is 0 Å². The molecular weight excluding hydrogens is 245 g/mol. The molecule has 4 nitrogen and oxygen atoms in total. The predicted octanol–water partition coefficient (Wildman–Crippen LogP) is 2.11. The molecule has 100 valence electrons. The van der Waals surface area contributed by atoms with Gasteiger partial charge in [0, 0.05) is 24.5 Å². The summed E-state index contributed by atoms with van der Waals surface area (Å²) >= 11 is 0. The molecule has 0 saturated carbocycles. The second-order valence-corrected chi connectivity index (χ2v) is 4.38. The van der Waals surface area contributed by atoms with E-state index in [0.29, 0.717) is 24.5 Å². The lowest BCUT2D eigenvalue weighted by Crippen LogP contribution is -2.28. The number of benzene rings is 1. The van der Waals surface area contributed by atoms with Crippen molar-refractivity contribution >= 4 is 5.69 Å². The highest BCUT2D eigenvalue weighted by molar-refractivity contribution is 5.44. The maximum Gasteiger partial charge on any atom is 0.348 e. The molecule has 0 saturated heterocycles. The first-order valence-electron chi connectivity index (χ1n) is 6.11. The molecule has 19 heavy (non-hydrogen) atoms. The monoisotopic (exact) mass is 261 g/mol. The largest absolute Gasteiger partial charge is 0.381 e. The van der Waals surface area contributed by atoms with Crippen LogP contribution in [-0.2, 0) is 6.54 Å². The van der Waals surface area contributed by atoms with Crippen LogP contribution in [0.15, 0.2) is 35.1 Å². The summed E-state index contributed by atoms with van der Waals surface area (Å²) in [7, 11) is 0. The first kappa shape index (κ1) is 13.3. The Morgan fingerprint density at radius 3 is 2.74 bits per heavy atom. The SMILES string of the molecule is Cc1cc(C)n(CCNc2ccccc2F)c(=O)n1. The number of rotatable bonds is 4. The first-order valence-corrected chi connectivity index (χ1v) is 6.11. The van der Waals surface area contributed by atoms with Crippen LogP contribution in [0.25, 0.3) is 0 Å². The highest BCUT2D eigenvalue weighted by Crippen LogP contribution is 2.11. The third-order valence-electron chi connectivity index (χ3n) is 2.87. The van der Waals surface area contributed by atoms with E-state index in [1.54, 1.807) is 29.7 Å². The van der Waals surface area contributed by atoms with Crippen molar-refractivity contribution < 1.29 is 4.39 Å². The third kappa shape index (κ3) is 3.19. The lowest BCUT2D eigenvalue weighted by atomic mass is 10.3. The minimum absolute atomic E-state index is 0.271. The van der Waals surface area contributed by atoms with Crippen molar-refractivity contribution in [3.05, 3.63) is 58.0 Å². The minimum atomic E-state index is -0.298. The molecule has 0 unspecified atom stereocenters. The van der Waals surface area contributed by atoms with Gasteiger partial charge in [0.1, 0.15) is 5.82 Å². The predicted molar refractivity (Wildman–Crippen MR) is 72.9 cm³/mol. The number of aromatic nitrogens is 2. The maximum atomic E-state index is 13.4. The second kappa shape index (κ2) is 5.65. The van der Waals surface area contributed by atoms with Gasteiger partial charge in [-0.05, 0) is 32.0 Å². The van der Waals surface area contributed by atoms with E-state index < -0.39 is 0 Å². The zero-order valence-electron chi connectivity index (χ0n) is 11.0. The van der Waals surface area contributed by atoms with Gasteiger partial charge in [0.05, 0.1) is 5.69 Å². The standard InChI is InChI=1S/C14H16FN3O/c1-10-9-11(2)18(14(19)17-10)8-7-16-13-6-4-3-5-12(13)15/h3-6,9,16H,7-8H2,1-2H3. The Morgan fingerprint density at radius 1 is 1.32 bits per heavy atom. The molecule has 0 aliphatic carbocycles. The molecule has 0 amide bonds. The number of nitrogens with zero attached hydrogens (tertiary/aromatic N) is 2. The van der Waals surface area contributed by atoms with Gasteiger partial charge in [0.2, 0.25) is 0 Å². The Kier molecular flexibility index (Phi) is 3.94. The summed E-state index contributed by atoms with van der Waals surface area (Å²) in [6, 6.07) is 8.31. The van der Waals surface area contributed by atoms with Crippen molar-refractivity contribution in [3.8, 4) is 0 Å². The number of hydrogen-bond donors (Lipinski definition) is 1. The summed E-state index contributed by atoms with van der Waals surface area (Å²) in [5, 5.41) is 2.97. The molecule has 1 heterocycles. The van der Waals surface area contributed by atoms with Gasteiger partial charge in [-0.25, -0.2) is 9.18 Å². The van der Waals surface area contributed by atoms with Gasteiger partial charge in [-0.2, -0.15) is 4.98 Å². The quantitative estimate of drug-likeness (QED) is 0.917. The molecule has 5 heteroatoms. The maximum absolute atomic E-state index is 13.4. The van der Waals surface area contributed by atoms with Crippen molar-refractivity contribution in [2.24, 2.45) is 0 Å². The molecule has 0 aliphatic rings. The molecule has 0 spiro atoms. The van der Waals surface area contributed by atoms with Crippen LogP contribution in [0, 0.1) is 19.7 Å². The van der Waals surface area contributed by atoms with Crippen molar-refractivity contribution in [1.82, 2.24) is 9.55 Å². The van der Waals surface area contributed by atoms with Crippen LogP contribution in [0.1, 0.15) is 11.4 Å². The van der Waals surface area contributed by atoms with Crippen molar-refractivity contribution in [2.45, 2.75) is 20.4 Å². The molecule has 0 aliphatic heterocycles. The first-order chi connectivity index (χ1) is 9.08. The molecule has 1 aromatic heterocycles. The van der Waals surface area contributed by atoms with Gasteiger partial charge in [-0.15, -0.1) is 0 Å². The zero-order valence-corrected chi connectivity index (χ0v) is 11.0. The van der Waals surface area contributed by atoms with Crippen LogP contribution >= 0.6 is 0 Å². The number of hydrogen-bond acceptors (Lipinski definition) is 3. The summed E-state index contributed by atoms with van der Waals surface area (Å²) in [6.07, 6.45) is 0. The van der Waals surface area contributed by atoms with Crippen molar-refractivity contribution in [3.63, 3.8) is 0 Å². The van der Waals surface area contributed by atoms with Gasteiger partial charge >= 0.3 is 5.69 Å². The van der Waals surface area contributed by atoms with E-state index in [-0.39, 0.29) is 11.5 Å². The molecule has 1 N–H and O–H groups in total. The van der Waals surface area contributed by atoms with Gasteiger partial charge < -0.3 is 5.32 Å². The highest BCUT2D eigenvalue weighted by atomic mass is 19.1. The average molecular weight is 261 g/mol. The molecule has 1 aromatic carbocycles. The molecule has 0 bridgehead atoms. The van der Waals surface area contributed by atoms with E-state index in [2.05, 4.69) is 10.3 Å². The molecule has 2 aromatic rings. The Balaban J connectivity index is 2.04. The molecule has 0 atom stereocenters. The zero-order chi connectivity index (χ0) is 13.8. The number of para-hydroxylation sites is 1. The fourth-order valence-electron chi connectivity index (χ4n) is 1.95. The molecule has 2 rings (SSSR count). The Hall–Kier alpha value is -2.17. The van der Waals surface area contributed by atoms with E-state index in [1.165, 1.54) is 6.07 Å². The average Bonchev–Trinajstić information content (AvgIpc) is 2.34. The van der Waals surface area contributed by atoms with Crippen LogP contribution in [-0.4, -0.2) is 16.1 Å². The smallest absolute Gasteiger partial charge is 0.348 e. The van der Waals surface area contributed by atoms with Crippen LogP contribution in [0.4, 0.5) is 10.1 Å². The molecule has 0 radical (unpaired) electrons. The number of aryl methyl sites for hydroxylation is 2. The number of nitrogens with one attached hydrogen (secondary N) is 1. The van der Waals surface area contributed by atoms with E-state index in [0.717, 1.165) is 5.69 Å².